The number of benzene rings is 1. The molecule has 1 heterocycles. The summed E-state index contributed by atoms with van der Waals surface area (Å²) < 4.78 is 41.9. The van der Waals surface area contributed by atoms with Crippen LogP contribution in [0.2, 0.25) is 0 Å². The zero-order valence-electron chi connectivity index (χ0n) is 11.4. The van der Waals surface area contributed by atoms with Crippen LogP contribution < -0.4 is 10.3 Å². The number of halogens is 4. The number of thioether (sulfide) groups is 1. The average molecular weight is 406 g/mol. The molecule has 23 heavy (non-hydrogen) atoms. The SMILES string of the molecule is CSc1nc(-c2c(Br)cccc2OC(F)(F)F)c(C#N)c(=O)[nH]1. The molecule has 10 heteroatoms. The summed E-state index contributed by atoms with van der Waals surface area (Å²) in [6.45, 7) is 0. The molecule has 2 rings (SSSR count). The van der Waals surface area contributed by atoms with Gasteiger partial charge in [-0.05, 0) is 34.3 Å². The molecule has 0 aliphatic carbocycles. The van der Waals surface area contributed by atoms with Gasteiger partial charge in [-0.25, -0.2) is 4.98 Å². The number of rotatable bonds is 3. The highest BCUT2D eigenvalue weighted by Crippen LogP contribution is 2.39. The van der Waals surface area contributed by atoms with E-state index in [2.05, 4.69) is 30.6 Å². The Kier molecular flexibility index (Phi) is 5.01. The number of hydrogen-bond acceptors (Lipinski definition) is 5. The van der Waals surface area contributed by atoms with E-state index in [0.29, 0.717) is 0 Å². The van der Waals surface area contributed by atoms with Gasteiger partial charge in [0.25, 0.3) is 5.56 Å². The molecular weight excluding hydrogens is 399 g/mol. The Labute approximate surface area is 140 Å². The van der Waals surface area contributed by atoms with Gasteiger partial charge in [0, 0.05) is 4.47 Å². The van der Waals surface area contributed by atoms with E-state index in [4.69, 9.17) is 5.26 Å². The lowest BCUT2D eigenvalue weighted by molar-refractivity contribution is -0.274. The molecule has 1 aromatic carbocycles. The molecule has 0 aliphatic heterocycles. The Hall–Kier alpha value is -1.99. The van der Waals surface area contributed by atoms with Gasteiger partial charge < -0.3 is 9.72 Å². The number of aromatic amines is 1. The number of ether oxygens (including phenoxy) is 1. The summed E-state index contributed by atoms with van der Waals surface area (Å²) in [5, 5.41) is 9.31. The van der Waals surface area contributed by atoms with Crippen LogP contribution in [0.1, 0.15) is 5.56 Å². The van der Waals surface area contributed by atoms with E-state index in [1.54, 1.807) is 12.3 Å². The monoisotopic (exact) mass is 405 g/mol. The summed E-state index contributed by atoms with van der Waals surface area (Å²) in [6, 6.07) is 5.53. The van der Waals surface area contributed by atoms with Crippen molar-refractivity contribution in [3.05, 3.63) is 38.6 Å². The molecule has 0 bridgehead atoms. The van der Waals surface area contributed by atoms with Crippen LogP contribution in [-0.4, -0.2) is 22.6 Å². The van der Waals surface area contributed by atoms with Crippen molar-refractivity contribution >= 4 is 27.7 Å². The van der Waals surface area contributed by atoms with Gasteiger partial charge in [-0.3, -0.25) is 4.79 Å². The molecule has 0 spiro atoms. The van der Waals surface area contributed by atoms with E-state index in [1.165, 1.54) is 12.1 Å². The number of hydrogen-bond donors (Lipinski definition) is 1. The lowest BCUT2D eigenvalue weighted by atomic mass is 10.1. The highest BCUT2D eigenvalue weighted by Gasteiger charge is 2.33. The second-order valence-corrected chi connectivity index (χ2v) is 5.72. The van der Waals surface area contributed by atoms with E-state index in [9.17, 15) is 18.0 Å². The van der Waals surface area contributed by atoms with Gasteiger partial charge in [-0.1, -0.05) is 17.8 Å². The van der Waals surface area contributed by atoms with Crippen molar-refractivity contribution in [1.29, 1.82) is 5.26 Å². The predicted molar refractivity (Wildman–Crippen MR) is 81.2 cm³/mol. The van der Waals surface area contributed by atoms with Crippen LogP contribution in [0, 0.1) is 11.3 Å². The van der Waals surface area contributed by atoms with Crippen molar-refractivity contribution in [3.63, 3.8) is 0 Å². The van der Waals surface area contributed by atoms with Crippen LogP contribution >= 0.6 is 27.7 Å². The zero-order chi connectivity index (χ0) is 17.2. The fourth-order valence-corrected chi connectivity index (χ4v) is 2.69. The van der Waals surface area contributed by atoms with Crippen LogP contribution in [0.3, 0.4) is 0 Å². The molecule has 0 aliphatic rings. The second kappa shape index (κ2) is 6.64. The predicted octanol–water partition coefficient (Wildman–Crippen LogP) is 3.69. The van der Waals surface area contributed by atoms with Crippen molar-refractivity contribution in [2.75, 3.05) is 6.26 Å². The minimum absolute atomic E-state index is 0.122. The molecule has 1 N–H and O–H groups in total. The van der Waals surface area contributed by atoms with E-state index in [0.717, 1.165) is 17.8 Å². The standard InChI is InChI=1S/C13H7BrF3N3O2S/c1-23-12-19-10(6(5-18)11(21)20-12)9-7(14)3-2-4-8(9)22-13(15,16)17/h2-4H,1H3,(H,19,20,21). The van der Waals surface area contributed by atoms with Crippen LogP contribution in [-0.2, 0) is 0 Å². The van der Waals surface area contributed by atoms with E-state index in [1.807, 2.05) is 0 Å². The minimum Gasteiger partial charge on any atom is -0.405 e. The lowest BCUT2D eigenvalue weighted by Crippen LogP contribution is -2.19. The molecule has 2 aromatic rings. The average Bonchev–Trinajstić information content (AvgIpc) is 2.45. The maximum atomic E-state index is 12.6. The van der Waals surface area contributed by atoms with E-state index >= 15 is 0 Å². The summed E-state index contributed by atoms with van der Waals surface area (Å²) in [5.74, 6) is -0.562. The number of aromatic nitrogens is 2. The number of H-pyrrole nitrogens is 1. The van der Waals surface area contributed by atoms with Gasteiger partial charge in [0.05, 0.1) is 5.56 Å². The number of nitriles is 1. The largest absolute Gasteiger partial charge is 0.573 e. The van der Waals surface area contributed by atoms with E-state index in [-0.39, 0.29) is 20.9 Å². The van der Waals surface area contributed by atoms with Crippen LogP contribution in [0.15, 0.2) is 32.6 Å². The number of nitrogens with one attached hydrogen (secondary N) is 1. The summed E-state index contributed by atoms with van der Waals surface area (Å²) in [7, 11) is 0. The quantitative estimate of drug-likeness (QED) is 0.622. The molecule has 0 saturated heterocycles. The van der Waals surface area contributed by atoms with Gasteiger partial charge in [-0.15, -0.1) is 13.2 Å². The maximum Gasteiger partial charge on any atom is 0.573 e. The second-order valence-electron chi connectivity index (χ2n) is 4.07. The third-order valence-corrected chi connectivity index (χ3v) is 3.88. The summed E-state index contributed by atoms with van der Waals surface area (Å²) in [4.78, 5) is 18.3. The fourth-order valence-electron chi connectivity index (χ4n) is 1.78. The summed E-state index contributed by atoms with van der Waals surface area (Å²) >= 11 is 4.19. The number of nitrogens with zero attached hydrogens (tertiary/aromatic N) is 2. The Balaban J connectivity index is 2.79. The Morgan fingerprint density at radius 2 is 2.13 bits per heavy atom. The smallest absolute Gasteiger partial charge is 0.405 e. The minimum atomic E-state index is -4.92. The summed E-state index contributed by atoms with van der Waals surface area (Å²) in [5.41, 5.74) is -1.45. The first kappa shape index (κ1) is 17.4. The van der Waals surface area contributed by atoms with Gasteiger partial charge in [0.15, 0.2) is 5.16 Å². The molecule has 0 radical (unpaired) electrons. The van der Waals surface area contributed by atoms with Crippen molar-refractivity contribution in [1.82, 2.24) is 9.97 Å². The molecule has 0 saturated carbocycles. The first-order valence-electron chi connectivity index (χ1n) is 5.90. The molecule has 0 amide bonds. The first-order valence-corrected chi connectivity index (χ1v) is 7.91. The molecule has 0 fully saturated rings. The molecule has 0 unspecified atom stereocenters. The van der Waals surface area contributed by atoms with Crippen molar-refractivity contribution in [2.24, 2.45) is 0 Å². The Morgan fingerprint density at radius 1 is 1.43 bits per heavy atom. The Morgan fingerprint density at radius 3 is 2.70 bits per heavy atom. The topological polar surface area (TPSA) is 78.8 Å². The zero-order valence-corrected chi connectivity index (χ0v) is 13.8. The van der Waals surface area contributed by atoms with Gasteiger partial charge in [0.2, 0.25) is 0 Å². The fraction of sp³-hybridized carbons (Fsp3) is 0.154. The van der Waals surface area contributed by atoms with Crippen LogP contribution in [0.4, 0.5) is 13.2 Å². The highest BCUT2D eigenvalue weighted by atomic mass is 79.9. The maximum absolute atomic E-state index is 12.6. The third kappa shape index (κ3) is 3.86. The van der Waals surface area contributed by atoms with Gasteiger partial charge in [0.1, 0.15) is 23.1 Å². The van der Waals surface area contributed by atoms with Gasteiger partial charge >= 0.3 is 6.36 Å². The van der Waals surface area contributed by atoms with Crippen molar-refractivity contribution in [3.8, 4) is 23.1 Å². The van der Waals surface area contributed by atoms with Crippen molar-refractivity contribution in [2.45, 2.75) is 11.5 Å². The Bertz CT molecular complexity index is 846. The molecule has 120 valence electrons. The first-order chi connectivity index (χ1) is 10.8. The third-order valence-electron chi connectivity index (χ3n) is 2.64. The summed E-state index contributed by atoms with van der Waals surface area (Å²) in [6.07, 6.45) is -3.30. The normalized spacial score (nSPS) is 11.1. The lowest BCUT2D eigenvalue weighted by Gasteiger charge is -2.15. The van der Waals surface area contributed by atoms with Crippen LogP contribution in [0.5, 0.6) is 5.75 Å². The molecule has 0 atom stereocenters. The number of alkyl halides is 3. The molecule has 1 aromatic heterocycles. The van der Waals surface area contributed by atoms with Gasteiger partial charge in [-0.2, -0.15) is 5.26 Å². The molecule has 5 nitrogen and oxygen atoms in total. The van der Waals surface area contributed by atoms with Crippen LogP contribution in [0.25, 0.3) is 11.3 Å². The van der Waals surface area contributed by atoms with E-state index < -0.39 is 23.2 Å². The van der Waals surface area contributed by atoms with Crippen molar-refractivity contribution < 1.29 is 17.9 Å². The molecular formula is C13H7BrF3N3O2S. The highest BCUT2D eigenvalue weighted by molar-refractivity contribution is 9.10.